The zero-order valence-electron chi connectivity index (χ0n) is 9.13. The molecular weight excluding hydrogens is 164 g/mol. The van der Waals surface area contributed by atoms with Crippen LogP contribution in [0.2, 0.25) is 0 Å². The molecule has 3 nitrogen and oxygen atoms in total. The van der Waals surface area contributed by atoms with Gasteiger partial charge in [0, 0.05) is 6.61 Å². The second-order valence-electron chi connectivity index (χ2n) is 3.20. The van der Waals surface area contributed by atoms with E-state index in [1.807, 2.05) is 13.8 Å². The lowest BCUT2D eigenvalue weighted by atomic mass is 10.0. The second-order valence-corrected chi connectivity index (χ2v) is 3.20. The molecule has 76 valence electrons. The van der Waals surface area contributed by atoms with Crippen LogP contribution >= 0.6 is 0 Å². The van der Waals surface area contributed by atoms with Crippen LogP contribution in [-0.4, -0.2) is 36.7 Å². The summed E-state index contributed by atoms with van der Waals surface area (Å²) in [5.41, 5.74) is -0.473. The normalized spacial score (nSPS) is 15.4. The molecule has 0 saturated carbocycles. The van der Waals surface area contributed by atoms with E-state index in [2.05, 4.69) is 24.8 Å². The van der Waals surface area contributed by atoms with Crippen molar-refractivity contribution in [3.63, 3.8) is 0 Å². The van der Waals surface area contributed by atoms with Crippen LogP contribution in [0.1, 0.15) is 27.7 Å². The van der Waals surface area contributed by atoms with E-state index in [-0.39, 0.29) is 0 Å². The summed E-state index contributed by atoms with van der Waals surface area (Å²) < 4.78 is 5.31. The molecule has 3 heteroatoms. The van der Waals surface area contributed by atoms with Crippen LogP contribution in [0.25, 0.3) is 0 Å². The van der Waals surface area contributed by atoms with Crippen molar-refractivity contribution < 1.29 is 4.74 Å². The van der Waals surface area contributed by atoms with Gasteiger partial charge in [-0.2, -0.15) is 5.26 Å². The van der Waals surface area contributed by atoms with E-state index in [9.17, 15) is 0 Å². The van der Waals surface area contributed by atoms with Crippen molar-refractivity contribution in [3.05, 3.63) is 0 Å². The van der Waals surface area contributed by atoms with Gasteiger partial charge in [0.15, 0.2) is 0 Å². The Bertz CT molecular complexity index is 172. The molecule has 0 bridgehead atoms. The van der Waals surface area contributed by atoms with Gasteiger partial charge < -0.3 is 4.74 Å². The molecule has 0 aromatic heterocycles. The number of hydrogen-bond donors (Lipinski definition) is 0. The van der Waals surface area contributed by atoms with Crippen molar-refractivity contribution in [1.82, 2.24) is 4.90 Å². The highest BCUT2D eigenvalue weighted by molar-refractivity contribution is 5.05. The van der Waals surface area contributed by atoms with Gasteiger partial charge in [0.05, 0.1) is 12.7 Å². The molecule has 0 aliphatic rings. The summed E-state index contributed by atoms with van der Waals surface area (Å²) in [6, 6.07) is 2.32. The molecule has 1 atom stereocenters. The van der Waals surface area contributed by atoms with Crippen LogP contribution < -0.4 is 0 Å². The highest BCUT2D eigenvalue weighted by atomic mass is 16.5. The first-order valence-corrected chi connectivity index (χ1v) is 4.88. The van der Waals surface area contributed by atoms with Crippen molar-refractivity contribution in [3.8, 4) is 6.07 Å². The van der Waals surface area contributed by atoms with Crippen LogP contribution in [0.3, 0.4) is 0 Å². The maximum absolute atomic E-state index is 9.07. The fraction of sp³-hybridized carbons (Fsp3) is 0.900. The van der Waals surface area contributed by atoms with Crippen molar-refractivity contribution in [2.45, 2.75) is 33.2 Å². The minimum absolute atomic E-state index is 0.473. The van der Waals surface area contributed by atoms with Gasteiger partial charge in [0.25, 0.3) is 0 Å². The predicted molar refractivity (Wildman–Crippen MR) is 53.4 cm³/mol. The van der Waals surface area contributed by atoms with E-state index in [1.54, 1.807) is 0 Å². The molecule has 13 heavy (non-hydrogen) atoms. The van der Waals surface area contributed by atoms with E-state index < -0.39 is 5.54 Å². The molecule has 0 spiro atoms. The van der Waals surface area contributed by atoms with Crippen LogP contribution in [0, 0.1) is 11.3 Å². The second kappa shape index (κ2) is 5.95. The lowest BCUT2D eigenvalue weighted by Gasteiger charge is -2.33. The number of nitriles is 1. The average molecular weight is 184 g/mol. The molecule has 0 aromatic carbocycles. The summed E-state index contributed by atoms with van der Waals surface area (Å²) in [6.45, 7) is 10.9. The summed E-state index contributed by atoms with van der Waals surface area (Å²) >= 11 is 0. The molecule has 0 rings (SSSR count). The Morgan fingerprint density at radius 1 is 1.31 bits per heavy atom. The standard InChI is InChI=1S/C10H20N2O/c1-5-12(6-2)10(4,8-11)9-13-7-3/h5-7,9H2,1-4H3. The zero-order chi connectivity index (χ0) is 10.3. The first-order chi connectivity index (χ1) is 6.14. The highest BCUT2D eigenvalue weighted by Gasteiger charge is 2.29. The third-order valence-electron chi connectivity index (χ3n) is 2.29. The summed E-state index contributed by atoms with van der Waals surface area (Å²) in [7, 11) is 0. The van der Waals surface area contributed by atoms with E-state index >= 15 is 0 Å². The Morgan fingerprint density at radius 3 is 2.15 bits per heavy atom. The smallest absolute Gasteiger partial charge is 0.129 e. The van der Waals surface area contributed by atoms with Gasteiger partial charge in [-0.25, -0.2) is 0 Å². The summed E-state index contributed by atoms with van der Waals surface area (Å²) in [5, 5.41) is 9.07. The molecule has 0 aromatic rings. The fourth-order valence-corrected chi connectivity index (χ4v) is 1.42. The number of nitrogens with zero attached hydrogens (tertiary/aromatic N) is 2. The molecular formula is C10H20N2O. The maximum atomic E-state index is 9.07. The topological polar surface area (TPSA) is 36.3 Å². The first kappa shape index (κ1) is 12.4. The Balaban J connectivity index is 4.33. The van der Waals surface area contributed by atoms with E-state index in [4.69, 9.17) is 10.00 Å². The van der Waals surface area contributed by atoms with Gasteiger partial charge in [-0.05, 0) is 26.9 Å². The molecule has 0 saturated heterocycles. The largest absolute Gasteiger partial charge is 0.379 e. The third-order valence-corrected chi connectivity index (χ3v) is 2.29. The van der Waals surface area contributed by atoms with Gasteiger partial charge >= 0.3 is 0 Å². The maximum Gasteiger partial charge on any atom is 0.129 e. The average Bonchev–Trinajstić information content (AvgIpc) is 2.16. The number of hydrogen-bond acceptors (Lipinski definition) is 3. The van der Waals surface area contributed by atoms with Crippen LogP contribution in [0.4, 0.5) is 0 Å². The van der Waals surface area contributed by atoms with E-state index in [0.29, 0.717) is 13.2 Å². The number of rotatable bonds is 6. The van der Waals surface area contributed by atoms with Crippen molar-refractivity contribution in [2.24, 2.45) is 0 Å². The third kappa shape index (κ3) is 3.33. The summed E-state index contributed by atoms with van der Waals surface area (Å²) in [5.74, 6) is 0. The number of ether oxygens (including phenoxy) is 1. The lowest BCUT2D eigenvalue weighted by Crippen LogP contribution is -2.48. The molecule has 0 heterocycles. The molecule has 0 N–H and O–H groups in total. The first-order valence-electron chi connectivity index (χ1n) is 4.88. The minimum atomic E-state index is -0.473. The molecule has 0 radical (unpaired) electrons. The Hall–Kier alpha value is -0.590. The lowest BCUT2D eigenvalue weighted by molar-refractivity contribution is 0.0425. The SMILES string of the molecule is CCOCC(C)(C#N)N(CC)CC. The van der Waals surface area contributed by atoms with Gasteiger partial charge in [0.1, 0.15) is 5.54 Å². The van der Waals surface area contributed by atoms with Gasteiger partial charge in [0.2, 0.25) is 0 Å². The molecule has 1 unspecified atom stereocenters. The summed E-state index contributed by atoms with van der Waals surface area (Å²) in [4.78, 5) is 2.11. The number of likely N-dealkylation sites (N-methyl/N-ethyl adjacent to an activating group) is 1. The molecule has 0 aliphatic heterocycles. The Kier molecular flexibility index (Phi) is 5.68. The Labute approximate surface area is 81.3 Å². The molecule has 0 aliphatic carbocycles. The van der Waals surface area contributed by atoms with Crippen molar-refractivity contribution in [1.29, 1.82) is 5.26 Å². The summed E-state index contributed by atoms with van der Waals surface area (Å²) in [6.07, 6.45) is 0. The van der Waals surface area contributed by atoms with Crippen molar-refractivity contribution in [2.75, 3.05) is 26.3 Å². The van der Waals surface area contributed by atoms with E-state index in [1.165, 1.54) is 0 Å². The molecule has 0 fully saturated rings. The van der Waals surface area contributed by atoms with Gasteiger partial charge in [-0.1, -0.05) is 13.8 Å². The van der Waals surface area contributed by atoms with Crippen LogP contribution in [-0.2, 0) is 4.74 Å². The highest BCUT2D eigenvalue weighted by Crippen LogP contribution is 2.13. The monoisotopic (exact) mass is 184 g/mol. The Morgan fingerprint density at radius 2 is 1.85 bits per heavy atom. The van der Waals surface area contributed by atoms with Crippen LogP contribution in [0.15, 0.2) is 0 Å². The van der Waals surface area contributed by atoms with Crippen molar-refractivity contribution >= 4 is 0 Å². The zero-order valence-corrected chi connectivity index (χ0v) is 9.13. The molecule has 0 amide bonds. The van der Waals surface area contributed by atoms with Gasteiger partial charge in [-0.3, -0.25) is 4.90 Å². The quantitative estimate of drug-likeness (QED) is 0.629. The fourth-order valence-electron chi connectivity index (χ4n) is 1.42. The van der Waals surface area contributed by atoms with Crippen LogP contribution in [0.5, 0.6) is 0 Å². The van der Waals surface area contributed by atoms with Gasteiger partial charge in [-0.15, -0.1) is 0 Å². The van der Waals surface area contributed by atoms with E-state index in [0.717, 1.165) is 13.1 Å². The predicted octanol–water partition coefficient (Wildman–Crippen LogP) is 1.65. The minimum Gasteiger partial charge on any atom is -0.379 e.